The van der Waals surface area contributed by atoms with Crippen LogP contribution in [0.15, 0.2) is 22.7 Å². The lowest BCUT2D eigenvalue weighted by Crippen LogP contribution is -2.41. The van der Waals surface area contributed by atoms with E-state index in [1.54, 1.807) is 26.8 Å². The predicted molar refractivity (Wildman–Crippen MR) is 78.8 cm³/mol. The van der Waals surface area contributed by atoms with Crippen molar-refractivity contribution < 1.29 is 14.3 Å². The summed E-state index contributed by atoms with van der Waals surface area (Å²) >= 11 is 3.50. The first-order valence-corrected chi connectivity index (χ1v) is 7.42. The fourth-order valence-electron chi connectivity index (χ4n) is 2.68. The summed E-state index contributed by atoms with van der Waals surface area (Å²) in [5.41, 5.74) is 0.446. The molecule has 2 aliphatic rings. The molecule has 4 nitrogen and oxygen atoms in total. The molecule has 1 aromatic carbocycles. The summed E-state index contributed by atoms with van der Waals surface area (Å²) in [7, 11) is 0. The summed E-state index contributed by atoms with van der Waals surface area (Å²) in [5.74, 6) is -0.159. The maximum Gasteiger partial charge on any atom is 0.421 e. The van der Waals surface area contributed by atoms with Crippen LogP contribution in [0, 0.1) is 0 Å². The van der Waals surface area contributed by atoms with Crippen LogP contribution in [0.3, 0.4) is 0 Å². The third-order valence-electron chi connectivity index (χ3n) is 3.65. The Hall–Kier alpha value is -1.36. The van der Waals surface area contributed by atoms with Crippen molar-refractivity contribution in [3.63, 3.8) is 0 Å². The lowest BCUT2D eigenvalue weighted by Gasteiger charge is -2.24. The normalized spacial score (nSPS) is 19.2. The molecule has 1 heterocycles. The molecule has 1 aromatic rings. The van der Waals surface area contributed by atoms with Gasteiger partial charge < -0.3 is 4.74 Å². The third-order valence-corrected chi connectivity index (χ3v) is 4.31. The number of imide groups is 1. The van der Waals surface area contributed by atoms with E-state index in [1.807, 2.05) is 12.1 Å². The van der Waals surface area contributed by atoms with E-state index in [0.29, 0.717) is 5.69 Å². The molecule has 0 atom stereocenters. The fraction of sp³-hybridized carbons (Fsp3) is 0.467. The van der Waals surface area contributed by atoms with Crippen LogP contribution in [-0.2, 0) is 14.9 Å². The van der Waals surface area contributed by atoms with E-state index in [4.69, 9.17) is 4.74 Å². The Balaban J connectivity index is 2.05. The zero-order chi connectivity index (χ0) is 14.7. The third kappa shape index (κ3) is 1.87. The molecule has 0 radical (unpaired) electrons. The standard InChI is InChI=1S/C15H16BrNO3/c1-14(2,3)20-13(19)17-10-6-4-5-9(16)11(10)15(7-8-15)12(17)18/h4-6H,7-8H2,1-3H3. The zero-order valence-electron chi connectivity index (χ0n) is 11.7. The number of rotatable bonds is 0. The van der Waals surface area contributed by atoms with Gasteiger partial charge in [-0.3, -0.25) is 4.79 Å². The topological polar surface area (TPSA) is 46.6 Å². The zero-order valence-corrected chi connectivity index (χ0v) is 13.3. The minimum Gasteiger partial charge on any atom is -0.443 e. The van der Waals surface area contributed by atoms with Gasteiger partial charge in [0.2, 0.25) is 5.91 Å². The molecule has 1 aliphatic carbocycles. The Morgan fingerprint density at radius 2 is 2.00 bits per heavy atom. The van der Waals surface area contributed by atoms with Gasteiger partial charge in [-0.1, -0.05) is 22.0 Å². The molecule has 1 spiro atoms. The van der Waals surface area contributed by atoms with Crippen molar-refractivity contribution in [3.8, 4) is 0 Å². The Kier molecular flexibility index (Phi) is 2.77. The van der Waals surface area contributed by atoms with Gasteiger partial charge in [-0.05, 0) is 45.7 Å². The number of halogens is 1. The highest BCUT2D eigenvalue weighted by Gasteiger charge is 2.62. The molecule has 1 saturated carbocycles. The number of anilines is 1. The maximum absolute atomic E-state index is 12.6. The van der Waals surface area contributed by atoms with Crippen molar-refractivity contribution in [1.29, 1.82) is 0 Å². The van der Waals surface area contributed by atoms with E-state index in [-0.39, 0.29) is 5.91 Å². The van der Waals surface area contributed by atoms with Gasteiger partial charge in [-0.25, -0.2) is 9.69 Å². The van der Waals surface area contributed by atoms with Gasteiger partial charge in [-0.15, -0.1) is 0 Å². The number of amides is 2. The molecule has 2 amide bonds. The number of benzene rings is 1. The number of fused-ring (bicyclic) bond motifs is 2. The van der Waals surface area contributed by atoms with Crippen molar-refractivity contribution in [3.05, 3.63) is 28.2 Å². The fourth-order valence-corrected chi connectivity index (χ4v) is 3.42. The van der Waals surface area contributed by atoms with Gasteiger partial charge in [0, 0.05) is 10.0 Å². The van der Waals surface area contributed by atoms with E-state index in [2.05, 4.69) is 15.9 Å². The quantitative estimate of drug-likeness (QED) is 0.724. The molecule has 0 unspecified atom stereocenters. The van der Waals surface area contributed by atoms with Crippen molar-refractivity contribution in [1.82, 2.24) is 0 Å². The predicted octanol–water partition coefficient (Wildman–Crippen LogP) is 3.76. The first-order chi connectivity index (χ1) is 9.26. The Bertz CT molecular complexity index is 614. The second kappa shape index (κ2) is 4.07. The minimum absolute atomic E-state index is 0.159. The highest BCUT2D eigenvalue weighted by atomic mass is 79.9. The molecular weight excluding hydrogens is 322 g/mol. The number of ether oxygens (including phenoxy) is 1. The van der Waals surface area contributed by atoms with E-state index >= 15 is 0 Å². The number of nitrogens with zero attached hydrogens (tertiary/aromatic N) is 1. The summed E-state index contributed by atoms with van der Waals surface area (Å²) in [4.78, 5) is 26.2. The van der Waals surface area contributed by atoms with E-state index < -0.39 is 17.1 Å². The maximum atomic E-state index is 12.6. The summed E-state index contributed by atoms with van der Waals surface area (Å²) in [6.45, 7) is 5.38. The highest BCUT2D eigenvalue weighted by molar-refractivity contribution is 9.10. The Morgan fingerprint density at radius 3 is 2.55 bits per heavy atom. The Labute approximate surface area is 126 Å². The number of hydrogen-bond donors (Lipinski definition) is 0. The largest absolute Gasteiger partial charge is 0.443 e. The molecule has 0 bridgehead atoms. The number of hydrogen-bond acceptors (Lipinski definition) is 3. The summed E-state index contributed by atoms with van der Waals surface area (Å²) in [6, 6.07) is 5.54. The SMILES string of the molecule is CC(C)(C)OC(=O)N1C(=O)C2(CC2)c2c(Br)cccc21. The summed E-state index contributed by atoms with van der Waals surface area (Å²) in [6.07, 6.45) is 0.993. The molecule has 106 valence electrons. The molecule has 0 N–H and O–H groups in total. The van der Waals surface area contributed by atoms with Crippen LogP contribution < -0.4 is 4.90 Å². The van der Waals surface area contributed by atoms with Crippen molar-refractivity contribution in [2.24, 2.45) is 0 Å². The van der Waals surface area contributed by atoms with Gasteiger partial charge in [-0.2, -0.15) is 0 Å². The molecule has 20 heavy (non-hydrogen) atoms. The molecule has 5 heteroatoms. The van der Waals surface area contributed by atoms with Crippen LogP contribution >= 0.6 is 15.9 Å². The van der Waals surface area contributed by atoms with E-state index in [0.717, 1.165) is 22.9 Å². The van der Waals surface area contributed by atoms with Crippen LogP contribution in [0.2, 0.25) is 0 Å². The highest BCUT2D eigenvalue weighted by Crippen LogP contribution is 2.59. The van der Waals surface area contributed by atoms with E-state index in [1.165, 1.54) is 4.90 Å². The summed E-state index contributed by atoms with van der Waals surface area (Å²) in [5, 5.41) is 0. The molecule has 1 fully saturated rings. The van der Waals surface area contributed by atoms with Gasteiger partial charge in [0.05, 0.1) is 11.1 Å². The molecule has 0 saturated heterocycles. The van der Waals surface area contributed by atoms with Crippen molar-refractivity contribution in [2.45, 2.75) is 44.6 Å². The Morgan fingerprint density at radius 1 is 1.35 bits per heavy atom. The number of carbonyl (C=O) groups is 2. The smallest absolute Gasteiger partial charge is 0.421 e. The number of carbonyl (C=O) groups excluding carboxylic acids is 2. The van der Waals surface area contributed by atoms with Gasteiger partial charge >= 0.3 is 6.09 Å². The van der Waals surface area contributed by atoms with Crippen LogP contribution in [-0.4, -0.2) is 17.6 Å². The van der Waals surface area contributed by atoms with Crippen LogP contribution in [0.4, 0.5) is 10.5 Å². The first kappa shape index (κ1) is 13.6. The summed E-state index contributed by atoms with van der Waals surface area (Å²) < 4.78 is 6.24. The molecule has 0 aromatic heterocycles. The van der Waals surface area contributed by atoms with Gasteiger partial charge in [0.15, 0.2) is 0 Å². The molecule has 3 rings (SSSR count). The molecule has 1 aliphatic heterocycles. The van der Waals surface area contributed by atoms with Crippen molar-refractivity contribution >= 4 is 33.6 Å². The lowest BCUT2D eigenvalue weighted by molar-refractivity contribution is -0.120. The minimum atomic E-state index is -0.622. The second-order valence-corrected chi connectivity index (χ2v) is 7.19. The lowest BCUT2D eigenvalue weighted by atomic mass is 9.98. The van der Waals surface area contributed by atoms with Crippen LogP contribution in [0.25, 0.3) is 0 Å². The molecular formula is C15H16BrNO3. The van der Waals surface area contributed by atoms with Crippen LogP contribution in [0.1, 0.15) is 39.2 Å². The van der Waals surface area contributed by atoms with Crippen molar-refractivity contribution in [2.75, 3.05) is 4.90 Å². The average molecular weight is 338 g/mol. The average Bonchev–Trinajstić information content (AvgIpc) is 3.02. The van der Waals surface area contributed by atoms with E-state index in [9.17, 15) is 9.59 Å². The second-order valence-electron chi connectivity index (χ2n) is 6.34. The van der Waals surface area contributed by atoms with Gasteiger partial charge in [0.25, 0.3) is 0 Å². The van der Waals surface area contributed by atoms with Gasteiger partial charge in [0.1, 0.15) is 5.60 Å². The first-order valence-electron chi connectivity index (χ1n) is 6.63. The van der Waals surface area contributed by atoms with Crippen LogP contribution in [0.5, 0.6) is 0 Å². The monoisotopic (exact) mass is 337 g/mol.